The van der Waals surface area contributed by atoms with Crippen molar-refractivity contribution in [3.63, 3.8) is 0 Å². The van der Waals surface area contributed by atoms with E-state index in [0.717, 1.165) is 34.1 Å². The lowest BCUT2D eigenvalue weighted by molar-refractivity contribution is 0.514. The second-order valence-electron chi connectivity index (χ2n) is 5.07. The van der Waals surface area contributed by atoms with Crippen LogP contribution in [0.2, 0.25) is 0 Å². The summed E-state index contributed by atoms with van der Waals surface area (Å²) in [5.41, 5.74) is 3.62. The van der Waals surface area contributed by atoms with Crippen LogP contribution in [0.25, 0.3) is 0 Å². The van der Waals surface area contributed by atoms with E-state index in [1.54, 1.807) is 0 Å². The van der Waals surface area contributed by atoms with Crippen molar-refractivity contribution in [3.05, 3.63) is 50.2 Å². The fourth-order valence-corrected chi connectivity index (χ4v) is 3.47. The van der Waals surface area contributed by atoms with Gasteiger partial charge >= 0.3 is 0 Å². The number of halogens is 2. The molecule has 5 heteroatoms. The summed E-state index contributed by atoms with van der Waals surface area (Å²) in [6.07, 6.45) is 0.928. The van der Waals surface area contributed by atoms with Crippen LogP contribution in [-0.4, -0.2) is 16.3 Å². The monoisotopic (exact) mass is 413 g/mol. The molecule has 3 nitrogen and oxygen atoms in total. The van der Waals surface area contributed by atoms with Gasteiger partial charge in [-0.1, -0.05) is 38.8 Å². The van der Waals surface area contributed by atoms with Gasteiger partial charge in [-0.3, -0.25) is 4.68 Å². The highest BCUT2D eigenvalue weighted by Crippen LogP contribution is 2.29. The highest BCUT2D eigenvalue weighted by molar-refractivity contribution is 9.11. The minimum absolute atomic E-state index is 0.267. The van der Waals surface area contributed by atoms with Crippen LogP contribution in [0.5, 0.6) is 0 Å². The molecular weight excluding hydrogens is 394 g/mol. The van der Waals surface area contributed by atoms with Gasteiger partial charge < -0.3 is 5.32 Å². The summed E-state index contributed by atoms with van der Waals surface area (Å²) in [5, 5.41) is 8.13. The maximum Gasteiger partial charge on any atom is 0.0596 e. The van der Waals surface area contributed by atoms with Gasteiger partial charge in [-0.25, -0.2) is 0 Å². The Morgan fingerprint density at radius 3 is 2.67 bits per heavy atom. The number of hydrogen-bond donors (Lipinski definition) is 1. The maximum atomic E-state index is 4.54. The molecule has 0 saturated carbocycles. The largest absolute Gasteiger partial charge is 0.310 e. The van der Waals surface area contributed by atoms with Gasteiger partial charge in [0, 0.05) is 33.6 Å². The summed E-state index contributed by atoms with van der Waals surface area (Å²) < 4.78 is 4.32. The van der Waals surface area contributed by atoms with Crippen molar-refractivity contribution in [1.29, 1.82) is 0 Å². The Hall–Kier alpha value is -0.650. The van der Waals surface area contributed by atoms with Crippen molar-refractivity contribution in [2.24, 2.45) is 0 Å². The van der Waals surface area contributed by atoms with Gasteiger partial charge in [-0.05, 0) is 50.2 Å². The standard InChI is InChI=1S/C16H21Br2N3/c1-4-19-16(14-9-12(17)6-7-15(14)18)10-13-8-11(3)20-21(13)5-2/h6-9,16,19H,4-5,10H2,1-3H3. The number of benzene rings is 1. The zero-order valence-corrected chi connectivity index (χ0v) is 15.8. The van der Waals surface area contributed by atoms with Crippen LogP contribution in [0, 0.1) is 6.92 Å². The smallest absolute Gasteiger partial charge is 0.0596 e. The van der Waals surface area contributed by atoms with E-state index in [9.17, 15) is 0 Å². The number of nitrogens with zero attached hydrogens (tertiary/aromatic N) is 2. The third-order valence-corrected chi connectivity index (χ3v) is 4.70. The lowest BCUT2D eigenvalue weighted by atomic mass is 10.0. The minimum Gasteiger partial charge on any atom is -0.310 e. The molecule has 1 unspecified atom stereocenters. The van der Waals surface area contributed by atoms with Crippen molar-refractivity contribution < 1.29 is 0 Å². The summed E-state index contributed by atoms with van der Waals surface area (Å²) in [5.74, 6) is 0. The average Bonchev–Trinajstić information content (AvgIpc) is 2.81. The summed E-state index contributed by atoms with van der Waals surface area (Å²) in [6, 6.07) is 8.77. The van der Waals surface area contributed by atoms with Crippen LogP contribution >= 0.6 is 31.9 Å². The van der Waals surface area contributed by atoms with Gasteiger partial charge in [0.15, 0.2) is 0 Å². The number of aryl methyl sites for hydroxylation is 2. The quantitative estimate of drug-likeness (QED) is 0.746. The molecule has 1 aromatic heterocycles. The molecule has 2 aromatic rings. The fraction of sp³-hybridized carbons (Fsp3) is 0.438. The van der Waals surface area contributed by atoms with E-state index in [-0.39, 0.29) is 6.04 Å². The molecule has 0 amide bonds. The van der Waals surface area contributed by atoms with Gasteiger partial charge in [0.1, 0.15) is 0 Å². The van der Waals surface area contributed by atoms with Crippen molar-refractivity contribution in [1.82, 2.24) is 15.1 Å². The molecule has 0 bridgehead atoms. The molecule has 0 saturated heterocycles. The lowest BCUT2D eigenvalue weighted by Crippen LogP contribution is -2.24. The summed E-state index contributed by atoms with van der Waals surface area (Å²) in [7, 11) is 0. The molecule has 0 fully saturated rings. The molecule has 0 spiro atoms. The predicted molar refractivity (Wildman–Crippen MR) is 94.6 cm³/mol. The van der Waals surface area contributed by atoms with Crippen molar-refractivity contribution in [2.75, 3.05) is 6.54 Å². The number of hydrogen-bond acceptors (Lipinski definition) is 2. The molecule has 1 atom stereocenters. The van der Waals surface area contributed by atoms with Crippen LogP contribution in [0.3, 0.4) is 0 Å². The van der Waals surface area contributed by atoms with E-state index in [4.69, 9.17) is 0 Å². The van der Waals surface area contributed by atoms with Crippen molar-refractivity contribution in [3.8, 4) is 0 Å². The van der Waals surface area contributed by atoms with E-state index in [0.29, 0.717) is 0 Å². The molecule has 1 heterocycles. The SMILES string of the molecule is CCNC(Cc1cc(C)nn1CC)c1cc(Br)ccc1Br. The highest BCUT2D eigenvalue weighted by Gasteiger charge is 2.17. The molecule has 114 valence electrons. The third kappa shape index (κ3) is 4.18. The van der Waals surface area contributed by atoms with Crippen LogP contribution < -0.4 is 5.32 Å². The van der Waals surface area contributed by atoms with Gasteiger partial charge in [-0.2, -0.15) is 5.10 Å². The van der Waals surface area contributed by atoms with Crippen molar-refractivity contribution >= 4 is 31.9 Å². The molecule has 0 aliphatic carbocycles. The number of aromatic nitrogens is 2. The Morgan fingerprint density at radius 1 is 1.24 bits per heavy atom. The summed E-state index contributed by atoms with van der Waals surface area (Å²) in [6.45, 7) is 8.16. The van der Waals surface area contributed by atoms with Crippen LogP contribution in [0.1, 0.15) is 36.8 Å². The van der Waals surface area contributed by atoms with Gasteiger partial charge in [-0.15, -0.1) is 0 Å². The number of nitrogens with one attached hydrogen (secondary N) is 1. The Bertz CT molecular complexity index is 608. The van der Waals surface area contributed by atoms with E-state index in [2.05, 4.69) is 85.1 Å². The average molecular weight is 415 g/mol. The lowest BCUT2D eigenvalue weighted by Gasteiger charge is -2.20. The second-order valence-corrected chi connectivity index (χ2v) is 6.84. The van der Waals surface area contributed by atoms with E-state index >= 15 is 0 Å². The van der Waals surface area contributed by atoms with Crippen molar-refractivity contribution in [2.45, 2.75) is 39.8 Å². The molecule has 0 aliphatic heterocycles. The van der Waals surface area contributed by atoms with Gasteiger partial charge in [0.2, 0.25) is 0 Å². The first-order valence-corrected chi connectivity index (χ1v) is 8.85. The first kappa shape index (κ1) is 16.7. The fourth-order valence-electron chi connectivity index (χ4n) is 2.57. The number of rotatable bonds is 6. The molecule has 1 N–H and O–H groups in total. The van der Waals surface area contributed by atoms with Crippen LogP contribution in [0.15, 0.2) is 33.2 Å². The van der Waals surface area contributed by atoms with Gasteiger partial charge in [0.25, 0.3) is 0 Å². The molecule has 1 aromatic carbocycles. The normalized spacial score (nSPS) is 12.6. The van der Waals surface area contributed by atoms with Crippen LogP contribution in [-0.2, 0) is 13.0 Å². The summed E-state index contributed by atoms with van der Waals surface area (Å²) >= 11 is 7.24. The van der Waals surface area contributed by atoms with E-state index in [1.807, 2.05) is 6.92 Å². The zero-order chi connectivity index (χ0) is 15.4. The Labute approximate surface area is 143 Å². The zero-order valence-electron chi connectivity index (χ0n) is 12.7. The molecule has 0 radical (unpaired) electrons. The van der Waals surface area contributed by atoms with Gasteiger partial charge in [0.05, 0.1) is 5.69 Å². The first-order valence-electron chi connectivity index (χ1n) is 7.26. The van der Waals surface area contributed by atoms with E-state index < -0.39 is 0 Å². The minimum atomic E-state index is 0.267. The van der Waals surface area contributed by atoms with E-state index in [1.165, 1.54) is 11.3 Å². The maximum absolute atomic E-state index is 4.54. The Morgan fingerprint density at radius 2 is 2.00 bits per heavy atom. The van der Waals surface area contributed by atoms with Crippen LogP contribution in [0.4, 0.5) is 0 Å². The summed E-state index contributed by atoms with van der Waals surface area (Å²) in [4.78, 5) is 0. The number of likely N-dealkylation sites (N-methyl/N-ethyl adjacent to an activating group) is 1. The molecule has 0 aliphatic rings. The second kappa shape index (κ2) is 7.56. The highest BCUT2D eigenvalue weighted by atomic mass is 79.9. The first-order chi connectivity index (χ1) is 10.0. The molecule has 2 rings (SSSR count). The predicted octanol–water partition coefficient (Wildman–Crippen LogP) is 4.63. The Kier molecular flexibility index (Phi) is 6.02. The Balaban J connectivity index is 2.32. The molecular formula is C16H21Br2N3. The topological polar surface area (TPSA) is 29.9 Å². The molecule has 21 heavy (non-hydrogen) atoms. The third-order valence-electron chi connectivity index (χ3n) is 3.48.